The van der Waals surface area contributed by atoms with E-state index in [1.165, 1.54) is 0 Å². The van der Waals surface area contributed by atoms with Crippen LogP contribution in [0.3, 0.4) is 0 Å². The molecule has 23 heavy (non-hydrogen) atoms. The zero-order valence-electron chi connectivity index (χ0n) is 13.4. The minimum Gasteiger partial charge on any atom is -0.497 e. The SMILES string of the molecule is COc1cc(OC)cc(C(CCO)C(C#N)c2ccccc2)c1. The summed E-state index contributed by atoms with van der Waals surface area (Å²) in [7, 11) is 3.19. The lowest BCUT2D eigenvalue weighted by Gasteiger charge is -2.23. The number of hydrogen-bond donors (Lipinski definition) is 1. The second-order valence-electron chi connectivity index (χ2n) is 5.28. The van der Waals surface area contributed by atoms with Crippen molar-refractivity contribution in [3.05, 3.63) is 59.7 Å². The maximum atomic E-state index is 9.70. The molecule has 0 saturated heterocycles. The molecule has 0 amide bonds. The number of methoxy groups -OCH3 is 2. The Balaban J connectivity index is 2.47. The van der Waals surface area contributed by atoms with Crippen molar-refractivity contribution < 1.29 is 14.6 Å². The molecule has 0 heterocycles. The second kappa shape index (κ2) is 8.21. The van der Waals surface area contributed by atoms with Crippen molar-refractivity contribution in [2.45, 2.75) is 18.3 Å². The largest absolute Gasteiger partial charge is 0.497 e. The number of benzene rings is 2. The van der Waals surface area contributed by atoms with Gasteiger partial charge in [0.15, 0.2) is 0 Å². The van der Waals surface area contributed by atoms with Crippen molar-refractivity contribution in [1.29, 1.82) is 5.26 Å². The molecule has 4 nitrogen and oxygen atoms in total. The van der Waals surface area contributed by atoms with Crippen molar-refractivity contribution in [1.82, 2.24) is 0 Å². The predicted octanol–water partition coefficient (Wildman–Crippen LogP) is 3.48. The van der Waals surface area contributed by atoms with Crippen LogP contribution >= 0.6 is 0 Å². The van der Waals surface area contributed by atoms with Crippen LogP contribution < -0.4 is 9.47 Å². The molecule has 0 spiro atoms. The zero-order chi connectivity index (χ0) is 16.7. The summed E-state index contributed by atoms with van der Waals surface area (Å²) in [6.45, 7) is 0.00913. The minimum atomic E-state index is -0.347. The van der Waals surface area contributed by atoms with E-state index in [2.05, 4.69) is 6.07 Å². The molecule has 0 radical (unpaired) electrons. The van der Waals surface area contributed by atoms with Crippen LogP contribution in [0.2, 0.25) is 0 Å². The molecule has 1 N–H and O–H groups in total. The molecular formula is C19H21NO3. The molecule has 2 rings (SSSR count). The van der Waals surface area contributed by atoms with Gasteiger partial charge in [-0.15, -0.1) is 0 Å². The van der Waals surface area contributed by atoms with E-state index in [-0.39, 0.29) is 18.4 Å². The minimum absolute atomic E-state index is 0.00913. The van der Waals surface area contributed by atoms with Crippen LogP contribution in [-0.2, 0) is 0 Å². The van der Waals surface area contributed by atoms with E-state index < -0.39 is 0 Å². The molecule has 0 aliphatic carbocycles. The lowest BCUT2D eigenvalue weighted by Crippen LogP contribution is -2.12. The number of aliphatic hydroxyl groups excluding tert-OH is 1. The number of nitrogens with zero attached hydrogens (tertiary/aromatic N) is 1. The molecule has 0 aromatic heterocycles. The summed E-state index contributed by atoms with van der Waals surface area (Å²) >= 11 is 0. The van der Waals surface area contributed by atoms with Crippen LogP contribution in [-0.4, -0.2) is 25.9 Å². The highest BCUT2D eigenvalue weighted by Gasteiger charge is 2.25. The molecule has 2 unspecified atom stereocenters. The van der Waals surface area contributed by atoms with Crippen molar-refractivity contribution in [2.75, 3.05) is 20.8 Å². The van der Waals surface area contributed by atoms with Crippen LogP contribution in [0.1, 0.15) is 29.4 Å². The number of rotatable bonds is 7. The van der Waals surface area contributed by atoms with Gasteiger partial charge in [-0.2, -0.15) is 5.26 Å². The Hall–Kier alpha value is -2.51. The van der Waals surface area contributed by atoms with Crippen molar-refractivity contribution in [3.63, 3.8) is 0 Å². The first-order valence-corrected chi connectivity index (χ1v) is 7.51. The number of ether oxygens (including phenoxy) is 2. The van der Waals surface area contributed by atoms with E-state index in [4.69, 9.17) is 9.47 Å². The molecule has 0 aliphatic heterocycles. The van der Waals surface area contributed by atoms with Crippen LogP contribution in [0.5, 0.6) is 11.5 Å². The Kier molecular flexibility index (Phi) is 6.02. The number of aliphatic hydroxyl groups is 1. The number of nitriles is 1. The Labute approximate surface area is 136 Å². The first-order valence-electron chi connectivity index (χ1n) is 7.51. The topological polar surface area (TPSA) is 62.5 Å². The first-order chi connectivity index (χ1) is 11.2. The van der Waals surface area contributed by atoms with Crippen molar-refractivity contribution >= 4 is 0 Å². The van der Waals surface area contributed by atoms with Gasteiger partial charge in [0, 0.05) is 18.6 Å². The molecule has 0 fully saturated rings. The predicted molar refractivity (Wildman–Crippen MR) is 88.8 cm³/mol. The summed E-state index contributed by atoms with van der Waals surface area (Å²) in [4.78, 5) is 0. The Morgan fingerprint density at radius 3 is 2.09 bits per heavy atom. The third kappa shape index (κ3) is 4.02. The summed E-state index contributed by atoms with van der Waals surface area (Å²) in [6.07, 6.45) is 0.490. The summed E-state index contributed by atoms with van der Waals surface area (Å²) < 4.78 is 10.6. The molecule has 0 aliphatic rings. The van der Waals surface area contributed by atoms with Gasteiger partial charge in [-0.05, 0) is 29.7 Å². The molecule has 2 aromatic carbocycles. The maximum absolute atomic E-state index is 9.70. The Morgan fingerprint density at radius 2 is 1.61 bits per heavy atom. The normalized spacial score (nSPS) is 13.0. The maximum Gasteiger partial charge on any atom is 0.122 e. The monoisotopic (exact) mass is 311 g/mol. The molecule has 120 valence electrons. The van der Waals surface area contributed by atoms with Gasteiger partial charge in [0.2, 0.25) is 0 Å². The van der Waals surface area contributed by atoms with E-state index >= 15 is 0 Å². The molecular weight excluding hydrogens is 290 g/mol. The lowest BCUT2D eigenvalue weighted by atomic mass is 9.80. The van der Waals surface area contributed by atoms with Crippen LogP contribution in [0, 0.1) is 11.3 Å². The van der Waals surface area contributed by atoms with Gasteiger partial charge >= 0.3 is 0 Å². The van der Waals surface area contributed by atoms with E-state index in [0.717, 1.165) is 11.1 Å². The summed E-state index contributed by atoms with van der Waals surface area (Å²) in [5.41, 5.74) is 1.86. The quantitative estimate of drug-likeness (QED) is 0.850. The first kappa shape index (κ1) is 16.9. The van der Waals surface area contributed by atoms with Gasteiger partial charge in [-0.3, -0.25) is 0 Å². The highest BCUT2D eigenvalue weighted by Crippen LogP contribution is 2.38. The van der Waals surface area contributed by atoms with Gasteiger partial charge in [0.05, 0.1) is 26.2 Å². The van der Waals surface area contributed by atoms with Gasteiger partial charge in [0.25, 0.3) is 0 Å². The van der Waals surface area contributed by atoms with Crippen LogP contribution in [0.25, 0.3) is 0 Å². The van der Waals surface area contributed by atoms with E-state index in [0.29, 0.717) is 17.9 Å². The van der Waals surface area contributed by atoms with Gasteiger partial charge in [-0.25, -0.2) is 0 Å². The molecule has 4 heteroatoms. The molecule has 2 atom stereocenters. The average Bonchev–Trinajstić information content (AvgIpc) is 2.62. The molecule has 0 saturated carbocycles. The van der Waals surface area contributed by atoms with Gasteiger partial charge in [0.1, 0.15) is 11.5 Å². The van der Waals surface area contributed by atoms with Gasteiger partial charge < -0.3 is 14.6 Å². The Morgan fingerprint density at radius 1 is 1.00 bits per heavy atom. The summed E-state index contributed by atoms with van der Waals surface area (Å²) in [6, 6.07) is 17.6. The summed E-state index contributed by atoms with van der Waals surface area (Å²) in [5.74, 6) is 0.857. The fourth-order valence-corrected chi connectivity index (χ4v) is 2.77. The third-order valence-electron chi connectivity index (χ3n) is 3.94. The zero-order valence-corrected chi connectivity index (χ0v) is 13.4. The van der Waals surface area contributed by atoms with Crippen molar-refractivity contribution in [2.24, 2.45) is 0 Å². The van der Waals surface area contributed by atoms with Crippen LogP contribution in [0.4, 0.5) is 0 Å². The highest BCUT2D eigenvalue weighted by atomic mass is 16.5. The third-order valence-corrected chi connectivity index (χ3v) is 3.94. The van der Waals surface area contributed by atoms with E-state index in [9.17, 15) is 10.4 Å². The van der Waals surface area contributed by atoms with Crippen molar-refractivity contribution in [3.8, 4) is 17.6 Å². The fraction of sp³-hybridized carbons (Fsp3) is 0.316. The molecule has 2 aromatic rings. The fourth-order valence-electron chi connectivity index (χ4n) is 2.77. The lowest BCUT2D eigenvalue weighted by molar-refractivity contribution is 0.271. The van der Waals surface area contributed by atoms with E-state index in [1.807, 2.05) is 42.5 Å². The van der Waals surface area contributed by atoms with E-state index in [1.54, 1.807) is 20.3 Å². The average molecular weight is 311 g/mol. The number of hydrogen-bond acceptors (Lipinski definition) is 4. The summed E-state index contributed by atoms with van der Waals surface area (Å²) in [5, 5.41) is 19.2. The Bertz CT molecular complexity index is 642. The highest BCUT2D eigenvalue weighted by molar-refractivity contribution is 5.42. The second-order valence-corrected chi connectivity index (χ2v) is 5.28. The standard InChI is InChI=1S/C19H21NO3/c1-22-16-10-15(11-17(12-16)23-2)18(8-9-21)19(13-20)14-6-4-3-5-7-14/h3-7,10-12,18-19,21H,8-9H2,1-2H3. The van der Waals surface area contributed by atoms with Crippen LogP contribution in [0.15, 0.2) is 48.5 Å². The molecule has 0 bridgehead atoms. The smallest absolute Gasteiger partial charge is 0.122 e. The van der Waals surface area contributed by atoms with Gasteiger partial charge in [-0.1, -0.05) is 30.3 Å².